The molecule has 2 N–H and O–H groups in total. The third kappa shape index (κ3) is 5.21. The predicted octanol–water partition coefficient (Wildman–Crippen LogP) is 3.82. The van der Waals surface area contributed by atoms with Crippen LogP contribution in [0.25, 0.3) is 0 Å². The Balaban J connectivity index is 1.53. The molecule has 1 heterocycles. The maximum absolute atomic E-state index is 13.6. The molecule has 0 atom stereocenters. The Morgan fingerprint density at radius 3 is 2.37 bits per heavy atom. The topological polar surface area (TPSA) is 76.1 Å². The molecule has 3 aromatic rings. The summed E-state index contributed by atoms with van der Waals surface area (Å²) in [7, 11) is 0. The van der Waals surface area contributed by atoms with E-state index >= 15 is 0 Å². The number of carbonyl (C=O) groups is 1. The molecule has 0 bridgehead atoms. The molecule has 27 heavy (non-hydrogen) atoms. The third-order valence-electron chi connectivity index (χ3n) is 3.52. The summed E-state index contributed by atoms with van der Waals surface area (Å²) >= 11 is 0. The normalized spacial score (nSPS) is 10.3. The summed E-state index contributed by atoms with van der Waals surface area (Å²) in [5.41, 5.74) is 1.16. The summed E-state index contributed by atoms with van der Waals surface area (Å²) in [6.45, 7) is 1.78. The average Bonchev–Trinajstić information content (AvgIpc) is 2.65. The third-order valence-corrected chi connectivity index (χ3v) is 3.52. The first-order valence-corrected chi connectivity index (χ1v) is 8.05. The first kappa shape index (κ1) is 18.2. The van der Waals surface area contributed by atoms with Crippen LogP contribution in [0.2, 0.25) is 0 Å². The van der Waals surface area contributed by atoms with Gasteiger partial charge in [0.25, 0.3) is 5.91 Å². The Hall–Kier alpha value is -3.55. The zero-order valence-electron chi connectivity index (χ0n) is 14.4. The Bertz CT molecular complexity index is 931. The van der Waals surface area contributed by atoms with E-state index in [4.69, 9.17) is 4.74 Å². The molecule has 138 valence electrons. The first-order chi connectivity index (χ1) is 13.0. The molecule has 0 radical (unpaired) electrons. The molecule has 1 aromatic heterocycles. The molecule has 0 unspecified atom stereocenters. The minimum atomic E-state index is -0.748. The molecule has 0 aliphatic rings. The molecule has 0 spiro atoms. The Kier molecular flexibility index (Phi) is 5.55. The number of nitrogens with zero attached hydrogens (tertiary/aromatic N) is 2. The number of aromatic nitrogens is 2. The van der Waals surface area contributed by atoms with Crippen molar-refractivity contribution in [3.63, 3.8) is 0 Å². The highest BCUT2D eigenvalue weighted by Crippen LogP contribution is 2.19. The summed E-state index contributed by atoms with van der Waals surface area (Å²) < 4.78 is 31.9. The lowest BCUT2D eigenvalue weighted by molar-refractivity contribution is -0.118. The van der Waals surface area contributed by atoms with Crippen LogP contribution in [-0.2, 0) is 4.79 Å². The fourth-order valence-corrected chi connectivity index (χ4v) is 2.16. The molecule has 0 aliphatic carbocycles. The van der Waals surface area contributed by atoms with Gasteiger partial charge in [0, 0.05) is 6.07 Å². The SMILES string of the molecule is Cc1ccc(OCC(=O)Nc2ccc(Nc3ccc(F)cc3F)nn2)cc1. The van der Waals surface area contributed by atoms with Crippen molar-refractivity contribution < 1.29 is 18.3 Å². The van der Waals surface area contributed by atoms with Gasteiger partial charge in [0.05, 0.1) is 5.69 Å². The van der Waals surface area contributed by atoms with Crippen molar-refractivity contribution in [2.45, 2.75) is 6.92 Å². The Morgan fingerprint density at radius 1 is 1.00 bits per heavy atom. The van der Waals surface area contributed by atoms with Crippen LogP contribution in [0.1, 0.15) is 5.56 Å². The van der Waals surface area contributed by atoms with Gasteiger partial charge < -0.3 is 15.4 Å². The minimum absolute atomic E-state index is 0.0639. The van der Waals surface area contributed by atoms with E-state index in [0.29, 0.717) is 5.75 Å². The number of carbonyl (C=O) groups excluding carboxylic acids is 1. The van der Waals surface area contributed by atoms with Crippen LogP contribution in [0.4, 0.5) is 26.1 Å². The van der Waals surface area contributed by atoms with Gasteiger partial charge in [-0.3, -0.25) is 4.79 Å². The number of nitrogens with one attached hydrogen (secondary N) is 2. The first-order valence-electron chi connectivity index (χ1n) is 8.05. The van der Waals surface area contributed by atoms with Gasteiger partial charge in [-0.05, 0) is 43.3 Å². The fourth-order valence-electron chi connectivity index (χ4n) is 2.16. The number of hydrogen-bond donors (Lipinski definition) is 2. The van der Waals surface area contributed by atoms with Gasteiger partial charge in [-0.1, -0.05) is 17.7 Å². The second kappa shape index (κ2) is 8.22. The molecular weight excluding hydrogens is 354 g/mol. The van der Waals surface area contributed by atoms with Crippen LogP contribution in [0.3, 0.4) is 0 Å². The molecule has 1 amide bonds. The van der Waals surface area contributed by atoms with Crippen LogP contribution in [-0.4, -0.2) is 22.7 Å². The maximum Gasteiger partial charge on any atom is 0.263 e. The zero-order chi connectivity index (χ0) is 19.2. The predicted molar refractivity (Wildman–Crippen MR) is 97.0 cm³/mol. The van der Waals surface area contributed by atoms with Crippen LogP contribution in [0.15, 0.2) is 54.6 Å². The summed E-state index contributed by atoms with van der Waals surface area (Å²) in [6, 6.07) is 13.5. The number of hydrogen-bond acceptors (Lipinski definition) is 5. The van der Waals surface area contributed by atoms with Crippen molar-refractivity contribution in [1.82, 2.24) is 10.2 Å². The number of benzene rings is 2. The highest BCUT2D eigenvalue weighted by atomic mass is 19.1. The van der Waals surface area contributed by atoms with Gasteiger partial charge in [-0.15, -0.1) is 10.2 Å². The monoisotopic (exact) mass is 370 g/mol. The lowest BCUT2D eigenvalue weighted by Gasteiger charge is -2.08. The van der Waals surface area contributed by atoms with E-state index in [1.807, 2.05) is 19.1 Å². The average molecular weight is 370 g/mol. The summed E-state index contributed by atoms with van der Waals surface area (Å²) in [4.78, 5) is 11.9. The van der Waals surface area contributed by atoms with E-state index in [1.54, 1.807) is 12.1 Å². The van der Waals surface area contributed by atoms with Crippen molar-refractivity contribution in [2.24, 2.45) is 0 Å². The lowest BCUT2D eigenvalue weighted by Crippen LogP contribution is -2.21. The van der Waals surface area contributed by atoms with Gasteiger partial charge in [-0.25, -0.2) is 8.78 Å². The smallest absolute Gasteiger partial charge is 0.263 e. The van der Waals surface area contributed by atoms with Crippen LogP contribution in [0, 0.1) is 18.6 Å². The van der Waals surface area contributed by atoms with Crippen molar-refractivity contribution in [1.29, 1.82) is 0 Å². The number of anilines is 3. The molecule has 8 heteroatoms. The number of rotatable bonds is 6. The largest absolute Gasteiger partial charge is 0.484 e. The Morgan fingerprint density at radius 2 is 1.70 bits per heavy atom. The molecule has 0 saturated heterocycles. The van der Waals surface area contributed by atoms with Gasteiger partial charge in [0.1, 0.15) is 17.4 Å². The van der Waals surface area contributed by atoms with Gasteiger partial charge in [0.2, 0.25) is 0 Å². The van der Waals surface area contributed by atoms with Crippen LogP contribution < -0.4 is 15.4 Å². The number of amides is 1. The highest BCUT2D eigenvalue weighted by Gasteiger charge is 2.08. The lowest BCUT2D eigenvalue weighted by atomic mass is 10.2. The number of ether oxygens (including phenoxy) is 1. The minimum Gasteiger partial charge on any atom is -0.484 e. The van der Waals surface area contributed by atoms with Crippen LogP contribution >= 0.6 is 0 Å². The van der Waals surface area contributed by atoms with Gasteiger partial charge >= 0.3 is 0 Å². The number of aryl methyl sites for hydroxylation is 1. The molecule has 3 rings (SSSR count). The van der Waals surface area contributed by atoms with Gasteiger partial charge in [0.15, 0.2) is 18.2 Å². The molecule has 0 aliphatic heterocycles. The van der Waals surface area contributed by atoms with E-state index in [-0.39, 0.29) is 23.9 Å². The van der Waals surface area contributed by atoms with Gasteiger partial charge in [-0.2, -0.15) is 0 Å². The molecule has 2 aromatic carbocycles. The van der Waals surface area contributed by atoms with Crippen molar-refractivity contribution in [3.05, 3.63) is 71.8 Å². The zero-order valence-corrected chi connectivity index (χ0v) is 14.4. The second-order valence-corrected chi connectivity index (χ2v) is 5.70. The quantitative estimate of drug-likeness (QED) is 0.690. The summed E-state index contributed by atoms with van der Waals surface area (Å²) in [5, 5.41) is 12.9. The summed E-state index contributed by atoms with van der Waals surface area (Å²) in [6.07, 6.45) is 0. The number of halogens is 2. The standard InChI is InChI=1S/C19H16F2N4O2/c1-12-2-5-14(6-3-12)27-11-19(26)23-18-9-8-17(24-25-18)22-16-7-4-13(20)10-15(16)21/h2-10H,11H2,1H3,(H,22,24)(H,23,25,26). The maximum atomic E-state index is 13.6. The van der Waals surface area contributed by atoms with Crippen LogP contribution in [0.5, 0.6) is 5.75 Å². The van der Waals surface area contributed by atoms with Crippen molar-refractivity contribution >= 4 is 23.2 Å². The second-order valence-electron chi connectivity index (χ2n) is 5.70. The Labute approximate surface area is 154 Å². The van der Waals surface area contributed by atoms with E-state index in [0.717, 1.165) is 17.7 Å². The van der Waals surface area contributed by atoms with E-state index in [2.05, 4.69) is 20.8 Å². The molecule has 0 fully saturated rings. The molecule has 0 saturated carbocycles. The van der Waals surface area contributed by atoms with E-state index < -0.39 is 17.5 Å². The van der Waals surface area contributed by atoms with E-state index in [9.17, 15) is 13.6 Å². The fraction of sp³-hybridized carbons (Fsp3) is 0.105. The molecular formula is C19H16F2N4O2. The van der Waals surface area contributed by atoms with E-state index in [1.165, 1.54) is 18.2 Å². The van der Waals surface area contributed by atoms with Crippen molar-refractivity contribution in [3.8, 4) is 5.75 Å². The summed E-state index contributed by atoms with van der Waals surface area (Å²) in [5.74, 6) is -0.762. The van der Waals surface area contributed by atoms with Crippen molar-refractivity contribution in [2.75, 3.05) is 17.2 Å². The molecule has 6 nitrogen and oxygen atoms in total. The highest BCUT2D eigenvalue weighted by molar-refractivity contribution is 5.90.